The summed E-state index contributed by atoms with van der Waals surface area (Å²) in [5.41, 5.74) is 1.27. The van der Waals surface area contributed by atoms with Crippen molar-refractivity contribution in [2.45, 2.75) is 25.9 Å². The van der Waals surface area contributed by atoms with Gasteiger partial charge in [-0.1, -0.05) is 28.1 Å². The van der Waals surface area contributed by atoms with E-state index in [1.54, 1.807) is 37.1 Å². The first-order chi connectivity index (χ1) is 13.1. The Morgan fingerprint density at radius 1 is 1.48 bits per heavy atom. The number of carbonyl (C=O) groups excluding carboxylic acids is 1. The highest BCUT2D eigenvalue weighted by molar-refractivity contribution is 7.23. The molecular weight excluding hydrogens is 390 g/mol. The fourth-order valence-corrected chi connectivity index (χ4v) is 4.32. The lowest BCUT2D eigenvalue weighted by atomic mass is 10.2. The van der Waals surface area contributed by atoms with Gasteiger partial charge in [0.1, 0.15) is 11.3 Å². The molecule has 0 aliphatic carbocycles. The van der Waals surface area contributed by atoms with Crippen LogP contribution in [0.15, 0.2) is 22.7 Å². The topological polar surface area (TPSA) is 77.7 Å². The predicted octanol–water partition coefficient (Wildman–Crippen LogP) is 4.08. The van der Waals surface area contributed by atoms with Crippen LogP contribution in [0, 0.1) is 6.92 Å². The Morgan fingerprint density at radius 3 is 3.00 bits per heavy atom. The van der Waals surface area contributed by atoms with E-state index in [2.05, 4.69) is 10.1 Å². The number of amides is 1. The van der Waals surface area contributed by atoms with E-state index in [4.69, 9.17) is 25.6 Å². The maximum atomic E-state index is 13.1. The summed E-state index contributed by atoms with van der Waals surface area (Å²) in [5.74, 6) is 0.472. The van der Waals surface area contributed by atoms with Crippen LogP contribution in [0.2, 0.25) is 5.02 Å². The van der Waals surface area contributed by atoms with Crippen LogP contribution >= 0.6 is 22.9 Å². The number of aryl methyl sites for hydroxylation is 1. The average molecular weight is 408 g/mol. The van der Waals surface area contributed by atoms with Gasteiger partial charge in [0.25, 0.3) is 5.91 Å². The fraction of sp³-hybridized carbons (Fsp3) is 0.389. The van der Waals surface area contributed by atoms with Crippen LogP contribution in [0.1, 0.15) is 29.1 Å². The molecule has 1 fully saturated rings. The Labute approximate surface area is 164 Å². The molecule has 1 atom stereocenters. The van der Waals surface area contributed by atoms with Crippen molar-refractivity contribution >= 4 is 44.2 Å². The molecule has 3 aromatic rings. The standard InChI is InChI=1S/C18H18ClN3O4S/c1-10-8-14(26-21-10)17(23)22(9-11-4-3-7-25-11)18-20-15-13(24-2)6-5-12(19)16(15)27-18/h5-6,8,11H,3-4,7,9H2,1-2H3/t11-/m1/s1. The van der Waals surface area contributed by atoms with Crippen LogP contribution in [0.25, 0.3) is 10.2 Å². The minimum Gasteiger partial charge on any atom is -0.494 e. The minimum atomic E-state index is -0.305. The summed E-state index contributed by atoms with van der Waals surface area (Å²) in [7, 11) is 1.58. The summed E-state index contributed by atoms with van der Waals surface area (Å²) in [6.07, 6.45) is 1.84. The average Bonchev–Trinajstić information content (AvgIpc) is 3.40. The number of ether oxygens (including phenoxy) is 2. The number of thiazole rings is 1. The van der Waals surface area contributed by atoms with Crippen LogP contribution in [0.3, 0.4) is 0 Å². The van der Waals surface area contributed by atoms with E-state index < -0.39 is 0 Å². The number of nitrogens with zero attached hydrogens (tertiary/aromatic N) is 3. The third-order valence-corrected chi connectivity index (χ3v) is 5.93. The van der Waals surface area contributed by atoms with Crippen LogP contribution < -0.4 is 9.64 Å². The number of benzene rings is 1. The number of fused-ring (bicyclic) bond motifs is 1. The third kappa shape index (κ3) is 3.52. The van der Waals surface area contributed by atoms with E-state index in [1.807, 2.05) is 0 Å². The Balaban J connectivity index is 1.76. The van der Waals surface area contributed by atoms with E-state index in [0.29, 0.717) is 40.3 Å². The molecule has 1 saturated heterocycles. The molecule has 0 unspecified atom stereocenters. The number of rotatable bonds is 5. The number of halogens is 1. The zero-order valence-corrected chi connectivity index (χ0v) is 16.5. The van der Waals surface area contributed by atoms with E-state index in [9.17, 15) is 4.79 Å². The van der Waals surface area contributed by atoms with Gasteiger partial charge in [-0.15, -0.1) is 0 Å². The molecule has 9 heteroatoms. The lowest BCUT2D eigenvalue weighted by Gasteiger charge is -2.21. The van der Waals surface area contributed by atoms with E-state index >= 15 is 0 Å². The van der Waals surface area contributed by atoms with Crippen molar-refractivity contribution in [1.82, 2.24) is 10.1 Å². The number of anilines is 1. The van der Waals surface area contributed by atoms with Gasteiger partial charge < -0.3 is 14.0 Å². The monoisotopic (exact) mass is 407 g/mol. The van der Waals surface area contributed by atoms with Crippen molar-refractivity contribution in [1.29, 1.82) is 0 Å². The molecule has 0 N–H and O–H groups in total. The molecule has 142 valence electrons. The summed E-state index contributed by atoms with van der Waals surface area (Å²) in [6, 6.07) is 5.14. The van der Waals surface area contributed by atoms with Crippen molar-refractivity contribution in [3.63, 3.8) is 0 Å². The van der Waals surface area contributed by atoms with Crippen molar-refractivity contribution in [3.8, 4) is 5.75 Å². The van der Waals surface area contributed by atoms with Crippen LogP contribution in [-0.2, 0) is 4.74 Å². The second-order valence-electron chi connectivity index (χ2n) is 6.31. The molecule has 0 bridgehead atoms. The normalized spacial score (nSPS) is 16.8. The number of hydrogen-bond acceptors (Lipinski definition) is 7. The molecule has 27 heavy (non-hydrogen) atoms. The molecule has 1 aromatic carbocycles. The highest BCUT2D eigenvalue weighted by atomic mass is 35.5. The molecule has 1 amide bonds. The number of carbonyl (C=O) groups is 1. The van der Waals surface area contributed by atoms with E-state index in [1.165, 1.54) is 11.3 Å². The number of hydrogen-bond donors (Lipinski definition) is 0. The predicted molar refractivity (Wildman–Crippen MR) is 103 cm³/mol. The summed E-state index contributed by atoms with van der Waals surface area (Å²) in [6.45, 7) is 2.86. The van der Waals surface area contributed by atoms with Crippen LogP contribution in [0.4, 0.5) is 5.13 Å². The molecule has 3 heterocycles. The molecule has 0 spiro atoms. The number of methoxy groups -OCH3 is 1. The van der Waals surface area contributed by atoms with Gasteiger partial charge in [-0.2, -0.15) is 0 Å². The molecular formula is C18H18ClN3O4S. The molecule has 2 aromatic heterocycles. The molecule has 1 aliphatic rings. The minimum absolute atomic E-state index is 0.0395. The maximum Gasteiger partial charge on any atom is 0.298 e. The smallest absolute Gasteiger partial charge is 0.298 e. The number of aromatic nitrogens is 2. The third-order valence-electron chi connectivity index (χ3n) is 4.39. The maximum absolute atomic E-state index is 13.1. The Morgan fingerprint density at radius 2 is 2.33 bits per heavy atom. The lowest BCUT2D eigenvalue weighted by Crippen LogP contribution is -2.37. The second-order valence-corrected chi connectivity index (χ2v) is 7.69. The van der Waals surface area contributed by atoms with Crippen molar-refractivity contribution < 1.29 is 18.8 Å². The molecule has 0 saturated carbocycles. The van der Waals surface area contributed by atoms with Crippen molar-refractivity contribution in [2.24, 2.45) is 0 Å². The van der Waals surface area contributed by atoms with Gasteiger partial charge in [0.15, 0.2) is 5.13 Å². The molecule has 4 rings (SSSR count). The highest BCUT2D eigenvalue weighted by Gasteiger charge is 2.29. The van der Waals surface area contributed by atoms with E-state index in [-0.39, 0.29) is 17.8 Å². The van der Waals surface area contributed by atoms with Gasteiger partial charge in [0, 0.05) is 12.7 Å². The largest absolute Gasteiger partial charge is 0.494 e. The van der Waals surface area contributed by atoms with Gasteiger partial charge in [-0.05, 0) is 31.9 Å². The van der Waals surface area contributed by atoms with Gasteiger partial charge >= 0.3 is 0 Å². The van der Waals surface area contributed by atoms with E-state index in [0.717, 1.165) is 17.5 Å². The lowest BCUT2D eigenvalue weighted by molar-refractivity contribution is 0.0887. The summed E-state index contributed by atoms with van der Waals surface area (Å²) >= 11 is 7.67. The van der Waals surface area contributed by atoms with Crippen molar-refractivity contribution in [3.05, 3.63) is 34.7 Å². The first kappa shape index (κ1) is 18.2. The Hall–Kier alpha value is -2.16. The second kappa shape index (κ2) is 7.46. The summed E-state index contributed by atoms with van der Waals surface area (Å²) in [4.78, 5) is 19.3. The molecule has 1 aliphatic heterocycles. The molecule has 0 radical (unpaired) electrons. The fourth-order valence-electron chi connectivity index (χ4n) is 3.06. The van der Waals surface area contributed by atoms with Gasteiger partial charge in [-0.3, -0.25) is 9.69 Å². The first-order valence-electron chi connectivity index (χ1n) is 8.56. The SMILES string of the molecule is COc1ccc(Cl)c2sc(N(C[C@H]3CCCO3)C(=O)c3cc(C)no3)nc12. The van der Waals surface area contributed by atoms with Crippen LogP contribution in [0.5, 0.6) is 5.75 Å². The zero-order chi connectivity index (χ0) is 19.0. The summed E-state index contributed by atoms with van der Waals surface area (Å²) in [5, 5.41) is 4.90. The quantitative estimate of drug-likeness (QED) is 0.634. The Bertz CT molecular complexity index is 980. The van der Waals surface area contributed by atoms with Gasteiger partial charge in [0.2, 0.25) is 5.76 Å². The highest BCUT2D eigenvalue weighted by Crippen LogP contribution is 2.39. The first-order valence-corrected chi connectivity index (χ1v) is 9.76. The summed E-state index contributed by atoms with van der Waals surface area (Å²) < 4.78 is 17.1. The van der Waals surface area contributed by atoms with Gasteiger partial charge in [0.05, 0.1) is 35.2 Å². The molecule has 7 nitrogen and oxygen atoms in total. The Kier molecular flexibility index (Phi) is 5.03. The zero-order valence-electron chi connectivity index (χ0n) is 14.9. The van der Waals surface area contributed by atoms with Crippen LogP contribution in [-0.4, -0.2) is 42.4 Å². The van der Waals surface area contributed by atoms with Gasteiger partial charge in [-0.25, -0.2) is 4.98 Å². The van der Waals surface area contributed by atoms with Crippen molar-refractivity contribution in [2.75, 3.05) is 25.2 Å².